The van der Waals surface area contributed by atoms with E-state index in [1.807, 2.05) is 6.07 Å². The van der Waals surface area contributed by atoms with Gasteiger partial charge in [-0.3, -0.25) is 4.98 Å². The minimum atomic E-state index is 0.615. The van der Waals surface area contributed by atoms with Crippen LogP contribution in [0.25, 0.3) is 0 Å². The minimum Gasteiger partial charge on any atom is -0.378 e. The molecule has 1 aromatic rings. The van der Waals surface area contributed by atoms with Crippen LogP contribution in [0.1, 0.15) is 18.2 Å². The zero-order valence-electron chi connectivity index (χ0n) is 7.00. The third-order valence-corrected chi connectivity index (χ3v) is 1.65. The van der Waals surface area contributed by atoms with Gasteiger partial charge in [-0.05, 0) is 18.1 Å². The second-order valence-electron chi connectivity index (χ2n) is 2.40. The molecule has 60 valence electrons. The van der Waals surface area contributed by atoms with Crippen molar-refractivity contribution in [2.75, 3.05) is 7.11 Å². The number of pyridine rings is 1. The SMILES string of the molecule is CCc1cccnc1COC. The van der Waals surface area contributed by atoms with Crippen molar-refractivity contribution >= 4 is 0 Å². The van der Waals surface area contributed by atoms with E-state index in [4.69, 9.17) is 4.74 Å². The van der Waals surface area contributed by atoms with E-state index in [2.05, 4.69) is 18.0 Å². The fraction of sp³-hybridized carbons (Fsp3) is 0.444. The van der Waals surface area contributed by atoms with Crippen molar-refractivity contribution in [1.29, 1.82) is 0 Å². The number of aryl methyl sites for hydroxylation is 1. The van der Waals surface area contributed by atoms with Crippen molar-refractivity contribution in [2.45, 2.75) is 20.0 Å². The number of methoxy groups -OCH3 is 1. The smallest absolute Gasteiger partial charge is 0.0886 e. The zero-order valence-corrected chi connectivity index (χ0v) is 7.00. The quantitative estimate of drug-likeness (QED) is 0.657. The van der Waals surface area contributed by atoms with Gasteiger partial charge in [0.05, 0.1) is 12.3 Å². The standard InChI is InChI=1S/C9H13NO/c1-3-8-5-4-6-10-9(8)7-11-2/h4-6H,3,7H2,1-2H3. The Bertz CT molecular complexity index is 223. The Morgan fingerprint density at radius 3 is 3.00 bits per heavy atom. The van der Waals surface area contributed by atoms with Crippen LogP contribution in [0.4, 0.5) is 0 Å². The van der Waals surface area contributed by atoms with Crippen LogP contribution < -0.4 is 0 Å². The van der Waals surface area contributed by atoms with Crippen LogP contribution in [0.3, 0.4) is 0 Å². The van der Waals surface area contributed by atoms with Crippen LogP contribution in [0.15, 0.2) is 18.3 Å². The summed E-state index contributed by atoms with van der Waals surface area (Å²) in [6.07, 6.45) is 2.82. The maximum absolute atomic E-state index is 5.01. The minimum absolute atomic E-state index is 0.615. The molecular weight excluding hydrogens is 138 g/mol. The molecule has 0 amide bonds. The first-order chi connectivity index (χ1) is 5.38. The van der Waals surface area contributed by atoms with Gasteiger partial charge in [-0.1, -0.05) is 13.0 Å². The average molecular weight is 151 g/mol. The highest BCUT2D eigenvalue weighted by atomic mass is 16.5. The van der Waals surface area contributed by atoms with E-state index >= 15 is 0 Å². The number of ether oxygens (including phenoxy) is 1. The van der Waals surface area contributed by atoms with Crippen LogP contribution in [0.5, 0.6) is 0 Å². The summed E-state index contributed by atoms with van der Waals surface area (Å²) in [5.41, 5.74) is 2.33. The average Bonchev–Trinajstić information content (AvgIpc) is 2.06. The van der Waals surface area contributed by atoms with Crippen LogP contribution in [-0.4, -0.2) is 12.1 Å². The fourth-order valence-electron chi connectivity index (χ4n) is 1.06. The first-order valence-corrected chi connectivity index (χ1v) is 3.80. The van der Waals surface area contributed by atoms with Crippen LogP contribution >= 0.6 is 0 Å². The Balaban J connectivity index is 2.83. The maximum atomic E-state index is 5.01. The van der Waals surface area contributed by atoms with Gasteiger partial charge in [-0.15, -0.1) is 0 Å². The summed E-state index contributed by atoms with van der Waals surface area (Å²) in [5, 5.41) is 0. The zero-order chi connectivity index (χ0) is 8.10. The summed E-state index contributed by atoms with van der Waals surface area (Å²) in [7, 11) is 1.69. The van der Waals surface area contributed by atoms with Crippen molar-refractivity contribution in [3.63, 3.8) is 0 Å². The normalized spacial score (nSPS) is 10.0. The van der Waals surface area contributed by atoms with Gasteiger partial charge in [0.1, 0.15) is 0 Å². The van der Waals surface area contributed by atoms with Gasteiger partial charge >= 0.3 is 0 Å². The predicted molar refractivity (Wildman–Crippen MR) is 44.3 cm³/mol. The third kappa shape index (κ3) is 2.02. The monoisotopic (exact) mass is 151 g/mol. The lowest BCUT2D eigenvalue weighted by molar-refractivity contribution is 0.180. The van der Waals surface area contributed by atoms with Gasteiger partial charge in [-0.2, -0.15) is 0 Å². The van der Waals surface area contributed by atoms with Gasteiger partial charge in [0, 0.05) is 13.3 Å². The highest BCUT2D eigenvalue weighted by Crippen LogP contribution is 2.06. The van der Waals surface area contributed by atoms with Crippen molar-refractivity contribution < 1.29 is 4.74 Å². The molecule has 0 aromatic carbocycles. The molecule has 0 radical (unpaired) electrons. The molecule has 2 nitrogen and oxygen atoms in total. The first kappa shape index (κ1) is 8.21. The molecule has 0 saturated carbocycles. The van der Waals surface area contributed by atoms with E-state index in [9.17, 15) is 0 Å². The molecule has 0 atom stereocenters. The van der Waals surface area contributed by atoms with Gasteiger partial charge in [0.25, 0.3) is 0 Å². The van der Waals surface area contributed by atoms with E-state index in [1.54, 1.807) is 13.3 Å². The molecule has 1 rings (SSSR count). The Morgan fingerprint density at radius 2 is 2.36 bits per heavy atom. The molecule has 0 bridgehead atoms. The number of rotatable bonds is 3. The van der Waals surface area contributed by atoms with E-state index in [0.29, 0.717) is 6.61 Å². The molecule has 0 N–H and O–H groups in total. The van der Waals surface area contributed by atoms with Crippen molar-refractivity contribution in [2.24, 2.45) is 0 Å². The molecule has 0 aliphatic rings. The van der Waals surface area contributed by atoms with Gasteiger partial charge in [0.15, 0.2) is 0 Å². The second-order valence-corrected chi connectivity index (χ2v) is 2.40. The molecular formula is C9H13NO. The molecule has 0 saturated heterocycles. The highest BCUT2D eigenvalue weighted by Gasteiger charge is 1.98. The Kier molecular flexibility index (Phi) is 3.05. The van der Waals surface area contributed by atoms with Crippen molar-refractivity contribution in [3.8, 4) is 0 Å². The Hall–Kier alpha value is -0.890. The summed E-state index contributed by atoms with van der Waals surface area (Å²) in [6.45, 7) is 2.74. The largest absolute Gasteiger partial charge is 0.378 e. The van der Waals surface area contributed by atoms with Crippen LogP contribution in [-0.2, 0) is 17.8 Å². The molecule has 1 aromatic heterocycles. The number of nitrogens with zero attached hydrogens (tertiary/aromatic N) is 1. The Morgan fingerprint density at radius 1 is 1.55 bits per heavy atom. The summed E-state index contributed by atoms with van der Waals surface area (Å²) >= 11 is 0. The van der Waals surface area contributed by atoms with Gasteiger partial charge < -0.3 is 4.74 Å². The predicted octanol–water partition coefficient (Wildman–Crippen LogP) is 1.79. The summed E-state index contributed by atoms with van der Waals surface area (Å²) in [6, 6.07) is 4.04. The van der Waals surface area contributed by atoms with Crippen molar-refractivity contribution in [1.82, 2.24) is 4.98 Å². The summed E-state index contributed by atoms with van der Waals surface area (Å²) < 4.78 is 5.01. The number of hydrogen-bond acceptors (Lipinski definition) is 2. The molecule has 11 heavy (non-hydrogen) atoms. The first-order valence-electron chi connectivity index (χ1n) is 3.80. The van der Waals surface area contributed by atoms with Gasteiger partial charge in [-0.25, -0.2) is 0 Å². The lowest BCUT2D eigenvalue weighted by atomic mass is 10.1. The van der Waals surface area contributed by atoms with Crippen LogP contribution in [0.2, 0.25) is 0 Å². The van der Waals surface area contributed by atoms with E-state index < -0.39 is 0 Å². The van der Waals surface area contributed by atoms with Crippen molar-refractivity contribution in [3.05, 3.63) is 29.6 Å². The summed E-state index contributed by atoms with van der Waals surface area (Å²) in [4.78, 5) is 4.21. The van der Waals surface area contributed by atoms with E-state index in [-0.39, 0.29) is 0 Å². The molecule has 0 fully saturated rings. The second kappa shape index (κ2) is 4.09. The lowest BCUT2D eigenvalue weighted by Crippen LogP contribution is -1.97. The topological polar surface area (TPSA) is 22.1 Å². The number of hydrogen-bond donors (Lipinski definition) is 0. The fourth-order valence-corrected chi connectivity index (χ4v) is 1.06. The maximum Gasteiger partial charge on any atom is 0.0886 e. The highest BCUT2D eigenvalue weighted by molar-refractivity contribution is 5.18. The third-order valence-electron chi connectivity index (χ3n) is 1.65. The van der Waals surface area contributed by atoms with Crippen LogP contribution in [0, 0.1) is 0 Å². The molecule has 0 aliphatic heterocycles. The molecule has 0 unspecified atom stereocenters. The summed E-state index contributed by atoms with van der Waals surface area (Å²) in [5.74, 6) is 0. The Labute approximate surface area is 67.2 Å². The molecule has 0 spiro atoms. The van der Waals surface area contributed by atoms with Gasteiger partial charge in [0.2, 0.25) is 0 Å². The van der Waals surface area contributed by atoms with E-state index in [1.165, 1.54) is 5.56 Å². The molecule has 0 aliphatic carbocycles. The number of aromatic nitrogens is 1. The molecule has 2 heteroatoms. The van der Waals surface area contributed by atoms with E-state index in [0.717, 1.165) is 12.1 Å². The lowest BCUT2D eigenvalue weighted by Gasteiger charge is -2.03. The molecule has 1 heterocycles.